The Labute approximate surface area is 74.5 Å². The molecule has 2 atom stereocenters. The first-order valence-electron chi connectivity index (χ1n) is 4.86. The summed E-state index contributed by atoms with van der Waals surface area (Å²) in [7, 11) is 0. The van der Waals surface area contributed by atoms with Crippen LogP contribution in [0.4, 0.5) is 0 Å². The summed E-state index contributed by atoms with van der Waals surface area (Å²) in [6.45, 7) is 0.274. The van der Waals surface area contributed by atoms with Crippen LogP contribution in [-0.2, 0) is 0 Å². The van der Waals surface area contributed by atoms with E-state index in [0.29, 0.717) is 12.0 Å². The molecule has 2 nitrogen and oxygen atoms in total. The summed E-state index contributed by atoms with van der Waals surface area (Å²) in [5.74, 6) is 0.654. The molecule has 0 aromatic heterocycles. The zero-order valence-electron chi connectivity index (χ0n) is 7.58. The number of hydrogen-bond acceptors (Lipinski definition) is 2. The highest BCUT2D eigenvalue weighted by atomic mass is 16.2. The van der Waals surface area contributed by atoms with Gasteiger partial charge in [-0.15, -0.1) is 0 Å². The van der Waals surface area contributed by atoms with Crippen LogP contribution in [0, 0.1) is 5.92 Å². The van der Waals surface area contributed by atoms with Crippen LogP contribution >= 0.6 is 0 Å². The predicted octanol–water partition coefficient (Wildman–Crippen LogP) is 1.44. The molecule has 1 rings (SSSR count). The average molecular weight is 169 g/mol. The van der Waals surface area contributed by atoms with Gasteiger partial charge in [0.05, 0.1) is 0 Å². The zero-order chi connectivity index (χ0) is 8.81. The molecule has 2 unspecified atom stereocenters. The van der Waals surface area contributed by atoms with E-state index >= 15 is 0 Å². The Kier molecular flexibility index (Phi) is 4.33. The summed E-state index contributed by atoms with van der Waals surface area (Å²) in [6.07, 6.45) is 9.81. The molecule has 0 bridgehead atoms. The van der Waals surface area contributed by atoms with Gasteiger partial charge in [0.15, 0.2) is 0 Å². The highest BCUT2D eigenvalue weighted by molar-refractivity contribution is 4.93. The molecule has 0 saturated carbocycles. The van der Waals surface area contributed by atoms with E-state index in [1.54, 1.807) is 0 Å². The van der Waals surface area contributed by atoms with Crippen LogP contribution in [0.15, 0.2) is 12.2 Å². The Morgan fingerprint density at radius 2 is 2.33 bits per heavy atom. The van der Waals surface area contributed by atoms with Crippen molar-refractivity contribution in [2.24, 2.45) is 11.7 Å². The standard InChI is InChI=1S/C10H19NO/c11-10(7-4-8-12)9-5-2-1-3-6-9/h1-2,9-10,12H,3-8,11H2. The molecule has 0 aromatic rings. The number of aliphatic hydroxyl groups excluding tert-OH is 1. The SMILES string of the molecule is NC(CCCO)C1CC=CCC1. The van der Waals surface area contributed by atoms with Crippen molar-refractivity contribution in [2.75, 3.05) is 6.61 Å². The lowest BCUT2D eigenvalue weighted by Crippen LogP contribution is -2.30. The Hall–Kier alpha value is -0.340. The third-order valence-electron chi connectivity index (χ3n) is 2.61. The summed E-state index contributed by atoms with van der Waals surface area (Å²) in [5.41, 5.74) is 5.99. The van der Waals surface area contributed by atoms with Gasteiger partial charge < -0.3 is 10.8 Å². The lowest BCUT2D eigenvalue weighted by molar-refractivity contribution is 0.266. The topological polar surface area (TPSA) is 46.2 Å². The van der Waals surface area contributed by atoms with Crippen molar-refractivity contribution in [2.45, 2.75) is 38.1 Å². The van der Waals surface area contributed by atoms with E-state index in [-0.39, 0.29) is 6.61 Å². The minimum absolute atomic E-state index is 0.274. The van der Waals surface area contributed by atoms with Crippen LogP contribution in [0.3, 0.4) is 0 Å². The van der Waals surface area contributed by atoms with Crippen LogP contribution in [0.1, 0.15) is 32.1 Å². The zero-order valence-corrected chi connectivity index (χ0v) is 7.58. The molecule has 70 valence electrons. The first-order chi connectivity index (χ1) is 5.84. The molecule has 0 radical (unpaired) electrons. The molecule has 0 amide bonds. The second-order valence-corrected chi connectivity index (χ2v) is 3.57. The number of allylic oxidation sites excluding steroid dienone is 2. The third-order valence-corrected chi connectivity index (χ3v) is 2.61. The van der Waals surface area contributed by atoms with Gasteiger partial charge in [0.1, 0.15) is 0 Å². The van der Waals surface area contributed by atoms with Crippen LogP contribution in [0.25, 0.3) is 0 Å². The molecule has 1 aliphatic rings. The number of rotatable bonds is 4. The Bertz CT molecular complexity index is 145. The molecule has 2 heteroatoms. The first kappa shape index (κ1) is 9.75. The lowest BCUT2D eigenvalue weighted by Gasteiger charge is -2.24. The molecule has 12 heavy (non-hydrogen) atoms. The van der Waals surface area contributed by atoms with E-state index in [2.05, 4.69) is 12.2 Å². The van der Waals surface area contributed by atoms with Gasteiger partial charge in [-0.05, 0) is 38.0 Å². The van der Waals surface area contributed by atoms with Gasteiger partial charge in [0, 0.05) is 12.6 Å². The molecule has 0 aromatic carbocycles. The third kappa shape index (κ3) is 2.95. The Morgan fingerprint density at radius 1 is 1.50 bits per heavy atom. The molecule has 0 saturated heterocycles. The molecule has 0 aliphatic heterocycles. The molecule has 0 spiro atoms. The number of hydrogen-bond donors (Lipinski definition) is 2. The molecule has 1 aliphatic carbocycles. The van der Waals surface area contributed by atoms with Gasteiger partial charge in [0.25, 0.3) is 0 Å². The quantitative estimate of drug-likeness (QED) is 0.626. The summed E-state index contributed by atoms with van der Waals surface area (Å²) in [4.78, 5) is 0. The minimum atomic E-state index is 0.274. The molecular weight excluding hydrogens is 150 g/mol. The molecule has 0 fully saturated rings. The fourth-order valence-corrected chi connectivity index (χ4v) is 1.77. The van der Waals surface area contributed by atoms with Crippen molar-refractivity contribution in [1.29, 1.82) is 0 Å². The van der Waals surface area contributed by atoms with E-state index < -0.39 is 0 Å². The van der Waals surface area contributed by atoms with E-state index in [0.717, 1.165) is 19.3 Å². The van der Waals surface area contributed by atoms with Crippen LogP contribution < -0.4 is 5.73 Å². The number of aliphatic hydroxyl groups is 1. The van der Waals surface area contributed by atoms with Crippen LogP contribution in [0.5, 0.6) is 0 Å². The van der Waals surface area contributed by atoms with Gasteiger partial charge in [-0.1, -0.05) is 12.2 Å². The van der Waals surface area contributed by atoms with Crippen LogP contribution in [-0.4, -0.2) is 17.8 Å². The van der Waals surface area contributed by atoms with Crippen molar-refractivity contribution in [3.05, 3.63) is 12.2 Å². The van der Waals surface area contributed by atoms with E-state index in [1.165, 1.54) is 12.8 Å². The fraction of sp³-hybridized carbons (Fsp3) is 0.800. The Balaban J connectivity index is 2.21. The first-order valence-corrected chi connectivity index (χ1v) is 4.86. The average Bonchev–Trinajstić information content (AvgIpc) is 2.15. The highest BCUT2D eigenvalue weighted by Gasteiger charge is 2.17. The van der Waals surface area contributed by atoms with Gasteiger partial charge in [-0.2, -0.15) is 0 Å². The molecule has 0 heterocycles. The second kappa shape index (κ2) is 5.33. The maximum Gasteiger partial charge on any atom is 0.0431 e. The van der Waals surface area contributed by atoms with Crippen molar-refractivity contribution in [3.63, 3.8) is 0 Å². The summed E-state index contributed by atoms with van der Waals surface area (Å²) >= 11 is 0. The van der Waals surface area contributed by atoms with Crippen molar-refractivity contribution in [1.82, 2.24) is 0 Å². The van der Waals surface area contributed by atoms with Crippen molar-refractivity contribution in [3.8, 4) is 0 Å². The maximum atomic E-state index is 8.64. The smallest absolute Gasteiger partial charge is 0.0431 e. The fourth-order valence-electron chi connectivity index (χ4n) is 1.77. The molecular formula is C10H19NO. The van der Waals surface area contributed by atoms with Gasteiger partial charge in [-0.3, -0.25) is 0 Å². The lowest BCUT2D eigenvalue weighted by atomic mass is 9.86. The monoisotopic (exact) mass is 169 g/mol. The molecule has 3 N–H and O–H groups in total. The number of nitrogens with two attached hydrogens (primary N) is 1. The van der Waals surface area contributed by atoms with Gasteiger partial charge >= 0.3 is 0 Å². The van der Waals surface area contributed by atoms with Crippen molar-refractivity contribution >= 4 is 0 Å². The minimum Gasteiger partial charge on any atom is -0.396 e. The van der Waals surface area contributed by atoms with Crippen LogP contribution in [0.2, 0.25) is 0 Å². The van der Waals surface area contributed by atoms with Gasteiger partial charge in [0.2, 0.25) is 0 Å². The summed E-state index contributed by atoms with van der Waals surface area (Å²) < 4.78 is 0. The predicted molar refractivity (Wildman–Crippen MR) is 50.8 cm³/mol. The summed E-state index contributed by atoms with van der Waals surface area (Å²) in [5, 5.41) is 8.64. The van der Waals surface area contributed by atoms with Crippen molar-refractivity contribution < 1.29 is 5.11 Å². The highest BCUT2D eigenvalue weighted by Crippen LogP contribution is 2.22. The second-order valence-electron chi connectivity index (χ2n) is 3.57. The summed E-state index contributed by atoms with van der Waals surface area (Å²) in [6, 6.07) is 0.294. The van der Waals surface area contributed by atoms with E-state index in [4.69, 9.17) is 10.8 Å². The van der Waals surface area contributed by atoms with E-state index in [9.17, 15) is 0 Å². The maximum absolute atomic E-state index is 8.64. The largest absolute Gasteiger partial charge is 0.396 e. The Morgan fingerprint density at radius 3 is 2.92 bits per heavy atom. The van der Waals surface area contributed by atoms with E-state index in [1.807, 2.05) is 0 Å². The normalized spacial score (nSPS) is 25.7. The van der Waals surface area contributed by atoms with Gasteiger partial charge in [-0.25, -0.2) is 0 Å².